The molecule has 2 heterocycles. The zero-order chi connectivity index (χ0) is 8.23. The molecule has 0 unspecified atom stereocenters. The Labute approximate surface area is 69.4 Å². The van der Waals surface area contributed by atoms with Gasteiger partial charge in [-0.05, 0) is 24.3 Å². The number of rotatable bonds is 2. The van der Waals surface area contributed by atoms with Gasteiger partial charge in [-0.25, -0.2) is 4.98 Å². The number of hydrogen-bond acceptors (Lipinski definition) is 2. The second-order valence-electron chi connectivity index (χ2n) is 2.33. The molecule has 0 amide bonds. The Morgan fingerprint density at radius 3 is 3.00 bits per heavy atom. The Balaban J connectivity index is 2.14. The van der Waals surface area contributed by atoms with Crippen molar-refractivity contribution in [1.82, 2.24) is 20.2 Å². The summed E-state index contributed by atoms with van der Waals surface area (Å²) in [4.78, 5) is 7.00. The third-order valence-corrected chi connectivity index (χ3v) is 1.48. The van der Waals surface area contributed by atoms with Crippen molar-refractivity contribution in [2.45, 2.75) is 0 Å². The molecule has 2 rings (SSSR count). The summed E-state index contributed by atoms with van der Waals surface area (Å²) < 4.78 is 0. The quantitative estimate of drug-likeness (QED) is 0.695. The molecule has 0 aliphatic heterocycles. The molecule has 2 aromatic heterocycles. The molecule has 0 bridgehead atoms. The minimum absolute atomic E-state index is 0.754. The van der Waals surface area contributed by atoms with Crippen molar-refractivity contribution >= 4 is 12.2 Å². The van der Waals surface area contributed by atoms with E-state index in [-0.39, 0.29) is 0 Å². The SMILES string of the molecule is C(=C\c1ncn[nH]1)/c1ccc[nH]1. The zero-order valence-corrected chi connectivity index (χ0v) is 6.36. The molecule has 2 aromatic rings. The fourth-order valence-corrected chi connectivity index (χ4v) is 0.912. The molecule has 0 atom stereocenters. The van der Waals surface area contributed by atoms with E-state index in [9.17, 15) is 0 Å². The molecule has 12 heavy (non-hydrogen) atoms. The molecule has 0 aromatic carbocycles. The summed E-state index contributed by atoms with van der Waals surface area (Å²) in [5.74, 6) is 0.754. The van der Waals surface area contributed by atoms with Gasteiger partial charge in [0.05, 0.1) is 0 Å². The summed E-state index contributed by atoms with van der Waals surface area (Å²) in [5.41, 5.74) is 1.05. The lowest BCUT2D eigenvalue weighted by molar-refractivity contribution is 1.08. The Bertz CT molecular complexity index is 308. The highest BCUT2D eigenvalue weighted by Crippen LogP contribution is 2.00. The van der Waals surface area contributed by atoms with Crippen molar-refractivity contribution in [3.05, 3.63) is 36.2 Å². The average Bonchev–Trinajstić information content (AvgIpc) is 2.74. The summed E-state index contributed by atoms with van der Waals surface area (Å²) in [6.45, 7) is 0. The van der Waals surface area contributed by atoms with Crippen LogP contribution in [-0.4, -0.2) is 20.2 Å². The van der Waals surface area contributed by atoms with E-state index < -0.39 is 0 Å². The number of nitrogens with zero attached hydrogens (tertiary/aromatic N) is 2. The normalized spacial score (nSPS) is 11.0. The van der Waals surface area contributed by atoms with Crippen LogP contribution in [0.25, 0.3) is 12.2 Å². The van der Waals surface area contributed by atoms with Crippen LogP contribution in [0.1, 0.15) is 11.5 Å². The van der Waals surface area contributed by atoms with Crippen molar-refractivity contribution in [2.24, 2.45) is 0 Å². The minimum atomic E-state index is 0.754. The van der Waals surface area contributed by atoms with Crippen LogP contribution in [0.2, 0.25) is 0 Å². The number of hydrogen-bond donors (Lipinski definition) is 2. The lowest BCUT2D eigenvalue weighted by Gasteiger charge is -1.82. The fourth-order valence-electron chi connectivity index (χ4n) is 0.912. The summed E-state index contributed by atoms with van der Waals surface area (Å²) in [6, 6.07) is 3.92. The predicted octanol–water partition coefficient (Wildman–Crippen LogP) is 1.30. The van der Waals surface area contributed by atoms with Crippen molar-refractivity contribution < 1.29 is 0 Å². The molecule has 0 saturated carbocycles. The van der Waals surface area contributed by atoms with Gasteiger partial charge < -0.3 is 4.98 Å². The van der Waals surface area contributed by atoms with Crippen molar-refractivity contribution in [3.63, 3.8) is 0 Å². The first kappa shape index (κ1) is 6.84. The lowest BCUT2D eigenvalue weighted by Crippen LogP contribution is -1.74. The van der Waals surface area contributed by atoms with E-state index >= 15 is 0 Å². The van der Waals surface area contributed by atoms with E-state index in [0.29, 0.717) is 0 Å². The first-order chi connectivity index (χ1) is 5.95. The van der Waals surface area contributed by atoms with Gasteiger partial charge in [-0.1, -0.05) is 0 Å². The van der Waals surface area contributed by atoms with E-state index in [1.807, 2.05) is 30.5 Å². The Kier molecular flexibility index (Phi) is 1.74. The topological polar surface area (TPSA) is 57.4 Å². The van der Waals surface area contributed by atoms with Crippen molar-refractivity contribution in [3.8, 4) is 0 Å². The maximum Gasteiger partial charge on any atom is 0.148 e. The minimum Gasteiger partial charge on any atom is -0.362 e. The van der Waals surface area contributed by atoms with Crippen LogP contribution >= 0.6 is 0 Å². The third kappa shape index (κ3) is 1.42. The smallest absolute Gasteiger partial charge is 0.148 e. The van der Waals surface area contributed by atoms with E-state index in [0.717, 1.165) is 11.5 Å². The van der Waals surface area contributed by atoms with Gasteiger partial charge in [-0.3, -0.25) is 5.10 Å². The maximum atomic E-state index is 3.95. The van der Waals surface area contributed by atoms with Gasteiger partial charge in [0.2, 0.25) is 0 Å². The van der Waals surface area contributed by atoms with Gasteiger partial charge >= 0.3 is 0 Å². The molecule has 0 spiro atoms. The van der Waals surface area contributed by atoms with Gasteiger partial charge in [0.15, 0.2) is 0 Å². The standard InChI is InChI=1S/C8H8N4/c1-2-7(9-5-1)3-4-8-10-6-11-12-8/h1-6,9H,(H,10,11,12)/b4-3+. The molecule has 4 heteroatoms. The Morgan fingerprint density at radius 1 is 1.33 bits per heavy atom. The van der Waals surface area contributed by atoms with Crippen molar-refractivity contribution in [1.29, 1.82) is 0 Å². The molecular formula is C8H8N4. The van der Waals surface area contributed by atoms with Crippen molar-refractivity contribution in [2.75, 3.05) is 0 Å². The summed E-state index contributed by atoms with van der Waals surface area (Å²) in [6.07, 6.45) is 7.15. The monoisotopic (exact) mass is 160 g/mol. The first-order valence-electron chi connectivity index (χ1n) is 3.62. The van der Waals surface area contributed by atoms with Crippen LogP contribution in [0.3, 0.4) is 0 Å². The molecule has 60 valence electrons. The number of H-pyrrole nitrogens is 2. The molecule has 0 radical (unpaired) electrons. The van der Waals surface area contributed by atoms with E-state index in [2.05, 4.69) is 20.2 Å². The van der Waals surface area contributed by atoms with Gasteiger partial charge in [-0.15, -0.1) is 0 Å². The Morgan fingerprint density at radius 2 is 2.33 bits per heavy atom. The largest absolute Gasteiger partial charge is 0.362 e. The molecule has 0 aliphatic carbocycles. The number of aromatic nitrogens is 4. The molecular weight excluding hydrogens is 152 g/mol. The lowest BCUT2D eigenvalue weighted by atomic mass is 10.4. The van der Waals surface area contributed by atoms with Gasteiger partial charge in [-0.2, -0.15) is 5.10 Å². The van der Waals surface area contributed by atoms with E-state index in [1.54, 1.807) is 0 Å². The second-order valence-corrected chi connectivity index (χ2v) is 2.33. The van der Waals surface area contributed by atoms with Gasteiger partial charge in [0.25, 0.3) is 0 Å². The van der Waals surface area contributed by atoms with Crippen LogP contribution in [0.4, 0.5) is 0 Å². The highest BCUT2D eigenvalue weighted by Gasteiger charge is 1.87. The zero-order valence-electron chi connectivity index (χ0n) is 6.36. The summed E-state index contributed by atoms with van der Waals surface area (Å²) in [7, 11) is 0. The summed E-state index contributed by atoms with van der Waals surface area (Å²) >= 11 is 0. The number of nitrogens with one attached hydrogen (secondary N) is 2. The van der Waals surface area contributed by atoms with E-state index in [1.165, 1.54) is 6.33 Å². The molecule has 0 saturated heterocycles. The molecule has 4 nitrogen and oxygen atoms in total. The van der Waals surface area contributed by atoms with Crippen LogP contribution in [0, 0.1) is 0 Å². The molecule has 2 N–H and O–H groups in total. The van der Waals surface area contributed by atoms with Gasteiger partial charge in [0.1, 0.15) is 12.2 Å². The van der Waals surface area contributed by atoms with Crippen LogP contribution in [0.5, 0.6) is 0 Å². The fraction of sp³-hybridized carbons (Fsp3) is 0. The van der Waals surface area contributed by atoms with Gasteiger partial charge in [0, 0.05) is 11.9 Å². The summed E-state index contributed by atoms with van der Waals surface area (Å²) in [5, 5.41) is 6.46. The first-order valence-corrected chi connectivity index (χ1v) is 3.62. The predicted molar refractivity (Wildman–Crippen MR) is 46.1 cm³/mol. The second kappa shape index (κ2) is 3.04. The highest BCUT2D eigenvalue weighted by atomic mass is 15.2. The Hall–Kier alpha value is -1.84. The third-order valence-electron chi connectivity index (χ3n) is 1.48. The van der Waals surface area contributed by atoms with Crippen LogP contribution in [0.15, 0.2) is 24.7 Å². The maximum absolute atomic E-state index is 3.95. The highest BCUT2D eigenvalue weighted by molar-refractivity contribution is 5.64. The number of aromatic amines is 2. The van der Waals surface area contributed by atoms with Crippen LogP contribution in [-0.2, 0) is 0 Å². The average molecular weight is 160 g/mol. The van der Waals surface area contributed by atoms with E-state index in [4.69, 9.17) is 0 Å². The molecule has 0 aliphatic rings. The van der Waals surface area contributed by atoms with Crippen LogP contribution < -0.4 is 0 Å². The molecule has 0 fully saturated rings.